The van der Waals surface area contributed by atoms with Gasteiger partial charge in [-0.1, -0.05) is 42.5 Å². The van der Waals surface area contributed by atoms with E-state index in [1.165, 1.54) is 11.3 Å². The first-order chi connectivity index (χ1) is 13.6. The number of nitrogens with zero attached hydrogens (tertiary/aromatic N) is 2. The molecule has 0 spiro atoms. The van der Waals surface area contributed by atoms with Crippen molar-refractivity contribution in [2.45, 2.75) is 25.7 Å². The molecular formula is C23H34N4O. The fourth-order valence-electron chi connectivity index (χ4n) is 3.00. The Kier molecular flexibility index (Phi) is 9.35. The molecule has 0 aromatic heterocycles. The SMILES string of the molecule is CCNC(=NCC(CO)c1ccccc1)NCCCc1ccc(N(C)C)cc1. The summed E-state index contributed by atoms with van der Waals surface area (Å²) < 4.78 is 0. The molecule has 0 saturated heterocycles. The lowest BCUT2D eigenvalue weighted by molar-refractivity contribution is 0.268. The van der Waals surface area contributed by atoms with Crippen LogP contribution in [0.2, 0.25) is 0 Å². The van der Waals surface area contributed by atoms with Crippen molar-refractivity contribution in [3.63, 3.8) is 0 Å². The van der Waals surface area contributed by atoms with Gasteiger partial charge in [0.15, 0.2) is 5.96 Å². The molecule has 152 valence electrons. The van der Waals surface area contributed by atoms with Crippen molar-refractivity contribution in [2.75, 3.05) is 45.2 Å². The quantitative estimate of drug-likeness (QED) is 0.336. The number of aliphatic hydroxyl groups is 1. The lowest BCUT2D eigenvalue weighted by Gasteiger charge is -2.15. The molecule has 1 atom stereocenters. The molecule has 2 rings (SSSR count). The molecule has 28 heavy (non-hydrogen) atoms. The van der Waals surface area contributed by atoms with Gasteiger partial charge in [-0.15, -0.1) is 0 Å². The van der Waals surface area contributed by atoms with Gasteiger partial charge in [-0.2, -0.15) is 0 Å². The van der Waals surface area contributed by atoms with Gasteiger partial charge >= 0.3 is 0 Å². The second-order valence-corrected chi connectivity index (χ2v) is 7.10. The molecule has 0 fully saturated rings. The first-order valence-electron chi connectivity index (χ1n) is 10.1. The summed E-state index contributed by atoms with van der Waals surface area (Å²) in [5, 5.41) is 16.4. The fraction of sp³-hybridized carbons (Fsp3) is 0.435. The number of guanidine groups is 1. The number of rotatable bonds is 10. The number of hydrogen-bond acceptors (Lipinski definition) is 3. The highest BCUT2D eigenvalue weighted by molar-refractivity contribution is 5.79. The van der Waals surface area contributed by atoms with Crippen molar-refractivity contribution in [1.82, 2.24) is 10.6 Å². The van der Waals surface area contributed by atoms with Gasteiger partial charge in [-0.25, -0.2) is 0 Å². The van der Waals surface area contributed by atoms with Crippen LogP contribution < -0.4 is 15.5 Å². The third kappa shape index (κ3) is 7.24. The minimum atomic E-state index is 0.0202. The maximum atomic E-state index is 9.70. The Bertz CT molecular complexity index is 698. The van der Waals surface area contributed by atoms with Gasteiger partial charge in [0.25, 0.3) is 0 Å². The predicted molar refractivity (Wildman–Crippen MR) is 119 cm³/mol. The Balaban J connectivity index is 1.82. The molecule has 0 amide bonds. The van der Waals surface area contributed by atoms with Crippen molar-refractivity contribution in [2.24, 2.45) is 4.99 Å². The molecule has 0 bridgehead atoms. The largest absolute Gasteiger partial charge is 0.396 e. The minimum absolute atomic E-state index is 0.0202. The number of hydrogen-bond donors (Lipinski definition) is 3. The molecule has 1 unspecified atom stereocenters. The average molecular weight is 383 g/mol. The minimum Gasteiger partial charge on any atom is -0.396 e. The van der Waals surface area contributed by atoms with Gasteiger partial charge in [0.05, 0.1) is 13.2 Å². The van der Waals surface area contributed by atoms with Crippen molar-refractivity contribution < 1.29 is 5.11 Å². The van der Waals surface area contributed by atoms with E-state index in [9.17, 15) is 5.11 Å². The lowest BCUT2D eigenvalue weighted by Crippen LogP contribution is -2.38. The Morgan fingerprint density at radius 1 is 1.04 bits per heavy atom. The third-order valence-corrected chi connectivity index (χ3v) is 4.69. The summed E-state index contributed by atoms with van der Waals surface area (Å²) in [6.07, 6.45) is 2.07. The van der Waals surface area contributed by atoms with Crippen LogP contribution in [0.1, 0.15) is 30.4 Å². The number of benzene rings is 2. The second-order valence-electron chi connectivity index (χ2n) is 7.10. The summed E-state index contributed by atoms with van der Waals surface area (Å²) in [6, 6.07) is 18.8. The van der Waals surface area contributed by atoms with Gasteiger partial charge in [-0.05, 0) is 43.0 Å². The molecule has 0 aliphatic rings. The zero-order valence-corrected chi connectivity index (χ0v) is 17.4. The van der Waals surface area contributed by atoms with Crippen LogP contribution in [0.15, 0.2) is 59.6 Å². The smallest absolute Gasteiger partial charge is 0.191 e. The molecule has 5 heteroatoms. The standard InChI is InChI=1S/C23H34N4O/c1-4-24-23(26-17-21(18-28)20-10-6-5-7-11-20)25-16-8-9-19-12-14-22(15-13-19)27(2)3/h5-7,10-15,21,28H,4,8-9,16-18H2,1-3H3,(H2,24,25,26). The van der Waals surface area contributed by atoms with Crippen LogP contribution in [0.5, 0.6) is 0 Å². The summed E-state index contributed by atoms with van der Waals surface area (Å²) in [5.41, 5.74) is 3.69. The van der Waals surface area contributed by atoms with E-state index in [0.29, 0.717) is 6.54 Å². The Morgan fingerprint density at radius 2 is 1.75 bits per heavy atom. The number of aliphatic hydroxyl groups excluding tert-OH is 1. The number of aryl methyl sites for hydroxylation is 1. The van der Waals surface area contributed by atoms with Crippen LogP contribution in [0.3, 0.4) is 0 Å². The molecule has 0 aliphatic carbocycles. The molecule has 5 nitrogen and oxygen atoms in total. The van der Waals surface area contributed by atoms with E-state index in [2.05, 4.69) is 65.8 Å². The van der Waals surface area contributed by atoms with Gasteiger partial charge in [0.2, 0.25) is 0 Å². The van der Waals surface area contributed by atoms with E-state index in [1.807, 2.05) is 30.3 Å². The maximum absolute atomic E-state index is 9.70. The van der Waals surface area contributed by atoms with E-state index in [0.717, 1.165) is 37.5 Å². The van der Waals surface area contributed by atoms with E-state index in [1.54, 1.807) is 0 Å². The summed E-state index contributed by atoms with van der Waals surface area (Å²) in [7, 11) is 4.11. The van der Waals surface area contributed by atoms with Gasteiger partial charge < -0.3 is 20.6 Å². The predicted octanol–water partition coefficient (Wildman–Crippen LogP) is 3.02. The van der Waals surface area contributed by atoms with Gasteiger partial charge in [0, 0.05) is 38.8 Å². The van der Waals surface area contributed by atoms with Crippen LogP contribution in [0.4, 0.5) is 5.69 Å². The van der Waals surface area contributed by atoms with Gasteiger partial charge in [0.1, 0.15) is 0 Å². The van der Waals surface area contributed by atoms with Crippen molar-refractivity contribution in [3.05, 3.63) is 65.7 Å². The van der Waals surface area contributed by atoms with Crippen LogP contribution in [0.25, 0.3) is 0 Å². The number of anilines is 1. The number of nitrogens with one attached hydrogen (secondary N) is 2. The van der Waals surface area contributed by atoms with Crippen molar-refractivity contribution in [1.29, 1.82) is 0 Å². The molecule has 2 aromatic rings. The Morgan fingerprint density at radius 3 is 2.36 bits per heavy atom. The van der Waals surface area contributed by atoms with E-state index in [4.69, 9.17) is 0 Å². The monoisotopic (exact) mass is 382 g/mol. The highest BCUT2D eigenvalue weighted by atomic mass is 16.3. The topological polar surface area (TPSA) is 59.9 Å². The normalized spacial score (nSPS) is 12.5. The van der Waals surface area contributed by atoms with E-state index >= 15 is 0 Å². The molecule has 0 saturated carbocycles. The van der Waals surface area contributed by atoms with Crippen molar-refractivity contribution >= 4 is 11.6 Å². The summed E-state index contributed by atoms with van der Waals surface area (Å²) in [5.74, 6) is 0.826. The molecule has 0 aliphatic heterocycles. The molecule has 0 radical (unpaired) electrons. The average Bonchev–Trinajstić information content (AvgIpc) is 2.72. The maximum Gasteiger partial charge on any atom is 0.191 e. The molecule has 2 aromatic carbocycles. The van der Waals surface area contributed by atoms with E-state index < -0.39 is 0 Å². The zero-order valence-electron chi connectivity index (χ0n) is 17.4. The Labute approximate surface area is 169 Å². The molecular weight excluding hydrogens is 348 g/mol. The lowest BCUT2D eigenvalue weighted by atomic mass is 10.0. The highest BCUT2D eigenvalue weighted by Gasteiger charge is 2.09. The summed E-state index contributed by atoms with van der Waals surface area (Å²) in [4.78, 5) is 6.78. The van der Waals surface area contributed by atoms with Crippen LogP contribution in [0, 0.1) is 0 Å². The van der Waals surface area contributed by atoms with Gasteiger partial charge in [-0.3, -0.25) is 4.99 Å². The zero-order chi connectivity index (χ0) is 20.2. The number of aliphatic imine (C=N–C) groups is 1. The third-order valence-electron chi connectivity index (χ3n) is 4.69. The van der Waals surface area contributed by atoms with Crippen LogP contribution in [-0.4, -0.2) is 51.4 Å². The molecule has 0 heterocycles. The molecule has 3 N–H and O–H groups in total. The van der Waals surface area contributed by atoms with Crippen LogP contribution in [-0.2, 0) is 6.42 Å². The van der Waals surface area contributed by atoms with Crippen molar-refractivity contribution in [3.8, 4) is 0 Å². The summed E-state index contributed by atoms with van der Waals surface area (Å²) >= 11 is 0. The van der Waals surface area contributed by atoms with E-state index in [-0.39, 0.29) is 12.5 Å². The highest BCUT2D eigenvalue weighted by Crippen LogP contribution is 2.15. The Hall–Kier alpha value is -2.53. The second kappa shape index (κ2) is 12.0. The first-order valence-corrected chi connectivity index (χ1v) is 10.1. The van der Waals surface area contributed by atoms with Crippen LogP contribution >= 0.6 is 0 Å². The summed E-state index contributed by atoms with van der Waals surface area (Å²) in [6.45, 7) is 4.38. The first kappa shape index (κ1) is 21.8. The fourth-order valence-corrected chi connectivity index (χ4v) is 3.00.